The lowest BCUT2D eigenvalue weighted by Gasteiger charge is -2.19. The van der Waals surface area contributed by atoms with Crippen molar-refractivity contribution in [2.24, 2.45) is 5.73 Å². The van der Waals surface area contributed by atoms with Crippen molar-refractivity contribution in [1.82, 2.24) is 5.32 Å². The SMILES string of the molecule is CCC(C)NC(=O)C(CCN)c1cccc(C)c1. The summed E-state index contributed by atoms with van der Waals surface area (Å²) in [5.74, 6) is -0.0516. The average Bonchev–Trinajstić information content (AvgIpc) is 2.35. The highest BCUT2D eigenvalue weighted by molar-refractivity contribution is 5.83. The Morgan fingerprint density at radius 3 is 2.72 bits per heavy atom. The molecule has 1 amide bonds. The van der Waals surface area contributed by atoms with E-state index in [-0.39, 0.29) is 17.9 Å². The Bertz CT molecular complexity index is 390. The van der Waals surface area contributed by atoms with Crippen LogP contribution in [0, 0.1) is 6.92 Å². The van der Waals surface area contributed by atoms with E-state index in [1.807, 2.05) is 32.0 Å². The second-order valence-corrected chi connectivity index (χ2v) is 4.86. The molecule has 0 heterocycles. The van der Waals surface area contributed by atoms with Crippen LogP contribution in [0.1, 0.15) is 43.7 Å². The Morgan fingerprint density at radius 2 is 2.17 bits per heavy atom. The van der Waals surface area contributed by atoms with Gasteiger partial charge < -0.3 is 11.1 Å². The maximum atomic E-state index is 12.2. The zero-order valence-electron chi connectivity index (χ0n) is 11.6. The zero-order chi connectivity index (χ0) is 13.5. The summed E-state index contributed by atoms with van der Waals surface area (Å²) in [5, 5.41) is 3.04. The predicted octanol–water partition coefficient (Wildman–Crippen LogP) is 2.34. The first-order chi connectivity index (χ1) is 8.58. The molecule has 0 bridgehead atoms. The van der Waals surface area contributed by atoms with Crippen molar-refractivity contribution in [1.29, 1.82) is 0 Å². The fourth-order valence-corrected chi connectivity index (χ4v) is 1.95. The Hall–Kier alpha value is -1.35. The smallest absolute Gasteiger partial charge is 0.227 e. The zero-order valence-corrected chi connectivity index (χ0v) is 11.6. The second kappa shape index (κ2) is 7.17. The summed E-state index contributed by atoms with van der Waals surface area (Å²) in [4.78, 5) is 12.2. The molecule has 100 valence electrons. The molecule has 0 saturated heterocycles. The van der Waals surface area contributed by atoms with E-state index in [1.165, 1.54) is 5.56 Å². The first-order valence-electron chi connectivity index (χ1n) is 6.65. The lowest BCUT2D eigenvalue weighted by molar-refractivity contribution is -0.123. The van der Waals surface area contributed by atoms with Crippen molar-refractivity contribution in [3.8, 4) is 0 Å². The second-order valence-electron chi connectivity index (χ2n) is 4.86. The van der Waals surface area contributed by atoms with E-state index in [2.05, 4.69) is 18.3 Å². The van der Waals surface area contributed by atoms with Gasteiger partial charge in [0.25, 0.3) is 0 Å². The number of amides is 1. The first kappa shape index (κ1) is 14.7. The molecular weight excluding hydrogens is 224 g/mol. The standard InChI is InChI=1S/C15H24N2O/c1-4-12(3)17-15(18)14(8-9-16)13-7-5-6-11(2)10-13/h5-7,10,12,14H,4,8-9,16H2,1-3H3,(H,17,18). The molecule has 0 aliphatic heterocycles. The highest BCUT2D eigenvalue weighted by atomic mass is 16.1. The normalized spacial score (nSPS) is 14.0. The summed E-state index contributed by atoms with van der Waals surface area (Å²) in [6.07, 6.45) is 1.63. The number of carbonyl (C=O) groups is 1. The number of benzene rings is 1. The van der Waals surface area contributed by atoms with Crippen LogP contribution in [0.3, 0.4) is 0 Å². The molecule has 3 N–H and O–H groups in total. The lowest BCUT2D eigenvalue weighted by atomic mass is 9.93. The average molecular weight is 248 g/mol. The van der Waals surface area contributed by atoms with Crippen LogP contribution < -0.4 is 11.1 Å². The van der Waals surface area contributed by atoms with Crippen LogP contribution in [-0.4, -0.2) is 18.5 Å². The van der Waals surface area contributed by atoms with Gasteiger partial charge >= 0.3 is 0 Å². The summed E-state index contributed by atoms with van der Waals surface area (Å²) in [6, 6.07) is 8.31. The molecule has 0 fully saturated rings. The fourth-order valence-electron chi connectivity index (χ4n) is 1.95. The van der Waals surface area contributed by atoms with E-state index in [0.717, 1.165) is 12.0 Å². The van der Waals surface area contributed by atoms with Gasteiger partial charge in [0.2, 0.25) is 5.91 Å². The molecule has 1 aromatic carbocycles. The van der Waals surface area contributed by atoms with Gasteiger partial charge in [0, 0.05) is 6.04 Å². The number of aryl methyl sites for hydroxylation is 1. The molecule has 0 aliphatic carbocycles. The topological polar surface area (TPSA) is 55.1 Å². The third kappa shape index (κ3) is 4.15. The minimum absolute atomic E-state index is 0.0837. The van der Waals surface area contributed by atoms with Gasteiger partial charge in [-0.1, -0.05) is 36.8 Å². The molecule has 2 atom stereocenters. The van der Waals surface area contributed by atoms with Crippen LogP contribution in [0.2, 0.25) is 0 Å². The monoisotopic (exact) mass is 248 g/mol. The minimum atomic E-state index is -0.135. The van der Waals surface area contributed by atoms with Gasteiger partial charge in [-0.3, -0.25) is 4.79 Å². The minimum Gasteiger partial charge on any atom is -0.353 e. The molecule has 0 saturated carbocycles. The van der Waals surface area contributed by atoms with Crippen molar-refractivity contribution in [2.45, 2.75) is 45.6 Å². The number of nitrogens with one attached hydrogen (secondary N) is 1. The summed E-state index contributed by atoms with van der Waals surface area (Å²) in [6.45, 7) is 6.64. The molecule has 0 aliphatic rings. The van der Waals surface area contributed by atoms with E-state index in [0.29, 0.717) is 13.0 Å². The maximum absolute atomic E-state index is 12.2. The van der Waals surface area contributed by atoms with Crippen molar-refractivity contribution < 1.29 is 4.79 Å². The van der Waals surface area contributed by atoms with Gasteiger partial charge in [0.15, 0.2) is 0 Å². The van der Waals surface area contributed by atoms with Crippen LogP contribution >= 0.6 is 0 Å². The molecule has 1 aromatic rings. The van der Waals surface area contributed by atoms with E-state index in [1.54, 1.807) is 0 Å². The van der Waals surface area contributed by atoms with Crippen molar-refractivity contribution in [3.63, 3.8) is 0 Å². The maximum Gasteiger partial charge on any atom is 0.227 e. The van der Waals surface area contributed by atoms with Crippen molar-refractivity contribution >= 4 is 5.91 Å². The van der Waals surface area contributed by atoms with E-state index in [4.69, 9.17) is 5.73 Å². The number of hydrogen-bond donors (Lipinski definition) is 2. The molecule has 0 radical (unpaired) electrons. The fraction of sp³-hybridized carbons (Fsp3) is 0.533. The van der Waals surface area contributed by atoms with Crippen LogP contribution in [0.15, 0.2) is 24.3 Å². The Labute approximate surface area is 110 Å². The van der Waals surface area contributed by atoms with Gasteiger partial charge in [-0.2, -0.15) is 0 Å². The molecule has 1 rings (SSSR count). The molecule has 3 nitrogen and oxygen atoms in total. The van der Waals surface area contributed by atoms with Crippen LogP contribution in [0.4, 0.5) is 0 Å². The van der Waals surface area contributed by atoms with Gasteiger partial charge in [-0.25, -0.2) is 0 Å². The summed E-state index contributed by atoms with van der Waals surface area (Å²) in [7, 11) is 0. The van der Waals surface area contributed by atoms with E-state index < -0.39 is 0 Å². The number of nitrogens with two attached hydrogens (primary N) is 1. The molecule has 0 aromatic heterocycles. The third-order valence-electron chi connectivity index (χ3n) is 3.22. The molecular formula is C15H24N2O. The summed E-state index contributed by atoms with van der Waals surface area (Å²) in [5.41, 5.74) is 7.85. The van der Waals surface area contributed by atoms with Gasteiger partial charge in [-0.05, 0) is 38.8 Å². The Balaban J connectivity index is 2.85. The lowest BCUT2D eigenvalue weighted by Crippen LogP contribution is -2.36. The Morgan fingerprint density at radius 1 is 1.44 bits per heavy atom. The van der Waals surface area contributed by atoms with E-state index >= 15 is 0 Å². The van der Waals surface area contributed by atoms with Gasteiger partial charge in [0.1, 0.15) is 0 Å². The highest BCUT2D eigenvalue weighted by Gasteiger charge is 2.20. The van der Waals surface area contributed by atoms with Gasteiger partial charge in [-0.15, -0.1) is 0 Å². The molecule has 3 heteroatoms. The van der Waals surface area contributed by atoms with E-state index in [9.17, 15) is 4.79 Å². The van der Waals surface area contributed by atoms with Crippen LogP contribution in [0.25, 0.3) is 0 Å². The summed E-state index contributed by atoms with van der Waals surface area (Å²) < 4.78 is 0. The van der Waals surface area contributed by atoms with Crippen LogP contribution in [-0.2, 0) is 4.79 Å². The Kier molecular flexibility index (Phi) is 5.86. The number of carbonyl (C=O) groups excluding carboxylic acids is 1. The molecule has 2 unspecified atom stereocenters. The molecule has 0 spiro atoms. The molecule has 18 heavy (non-hydrogen) atoms. The number of rotatable bonds is 6. The quantitative estimate of drug-likeness (QED) is 0.812. The van der Waals surface area contributed by atoms with Gasteiger partial charge in [0.05, 0.1) is 5.92 Å². The summed E-state index contributed by atoms with van der Waals surface area (Å²) >= 11 is 0. The number of hydrogen-bond acceptors (Lipinski definition) is 2. The highest BCUT2D eigenvalue weighted by Crippen LogP contribution is 2.20. The van der Waals surface area contributed by atoms with Crippen molar-refractivity contribution in [2.75, 3.05) is 6.54 Å². The van der Waals surface area contributed by atoms with Crippen molar-refractivity contribution in [3.05, 3.63) is 35.4 Å². The van der Waals surface area contributed by atoms with Crippen LogP contribution in [0.5, 0.6) is 0 Å². The third-order valence-corrected chi connectivity index (χ3v) is 3.22. The predicted molar refractivity (Wildman–Crippen MR) is 75.5 cm³/mol. The largest absolute Gasteiger partial charge is 0.353 e. The first-order valence-corrected chi connectivity index (χ1v) is 6.65.